The van der Waals surface area contributed by atoms with Gasteiger partial charge in [-0.2, -0.15) is 5.10 Å². The zero-order chi connectivity index (χ0) is 17.2. The summed E-state index contributed by atoms with van der Waals surface area (Å²) in [5, 5.41) is 3.99. The molecular weight excluding hydrogens is 300 g/mol. The fourth-order valence-corrected chi connectivity index (χ4v) is 2.26. The van der Waals surface area contributed by atoms with Crippen LogP contribution in [0.25, 0.3) is 0 Å². The van der Waals surface area contributed by atoms with E-state index >= 15 is 0 Å². The van der Waals surface area contributed by atoms with Crippen LogP contribution in [-0.2, 0) is 11.2 Å². The third kappa shape index (κ3) is 6.24. The first kappa shape index (κ1) is 17.7. The van der Waals surface area contributed by atoms with Crippen molar-refractivity contribution in [1.29, 1.82) is 0 Å². The SMILES string of the molecule is CCOc1ccc(CCCC(=O)N/N=C/c2ccc(C)cc2)cc1. The molecule has 0 aromatic heterocycles. The van der Waals surface area contributed by atoms with Crippen LogP contribution in [0.15, 0.2) is 53.6 Å². The second-order valence-electron chi connectivity index (χ2n) is 5.63. The van der Waals surface area contributed by atoms with E-state index < -0.39 is 0 Å². The Balaban J connectivity index is 1.68. The van der Waals surface area contributed by atoms with Gasteiger partial charge in [0.2, 0.25) is 5.91 Å². The van der Waals surface area contributed by atoms with Crippen LogP contribution in [0.1, 0.15) is 36.5 Å². The third-order valence-corrected chi connectivity index (χ3v) is 3.58. The molecule has 0 atom stereocenters. The van der Waals surface area contributed by atoms with Gasteiger partial charge in [-0.15, -0.1) is 0 Å². The van der Waals surface area contributed by atoms with Gasteiger partial charge < -0.3 is 4.74 Å². The summed E-state index contributed by atoms with van der Waals surface area (Å²) in [6.45, 7) is 4.67. The second-order valence-corrected chi connectivity index (χ2v) is 5.63. The molecule has 1 amide bonds. The van der Waals surface area contributed by atoms with E-state index in [0.29, 0.717) is 13.0 Å². The number of carbonyl (C=O) groups excluding carboxylic acids is 1. The van der Waals surface area contributed by atoms with E-state index in [1.54, 1.807) is 6.21 Å². The molecule has 4 heteroatoms. The van der Waals surface area contributed by atoms with Gasteiger partial charge in [-0.1, -0.05) is 42.0 Å². The van der Waals surface area contributed by atoms with Crippen molar-refractivity contribution in [2.75, 3.05) is 6.61 Å². The molecule has 0 aliphatic rings. The van der Waals surface area contributed by atoms with Gasteiger partial charge in [0.1, 0.15) is 5.75 Å². The standard InChI is InChI=1S/C20H24N2O2/c1-3-24-19-13-11-17(12-14-19)5-4-6-20(23)22-21-15-18-9-7-16(2)8-10-18/h7-15H,3-6H2,1-2H3,(H,22,23)/b21-15+. The summed E-state index contributed by atoms with van der Waals surface area (Å²) in [6, 6.07) is 16.0. The Bertz CT molecular complexity index is 661. The quantitative estimate of drug-likeness (QED) is 0.592. The van der Waals surface area contributed by atoms with Gasteiger partial charge in [0.15, 0.2) is 0 Å². The Kier molecular flexibility index (Phi) is 7.02. The normalized spacial score (nSPS) is 10.8. The lowest BCUT2D eigenvalue weighted by atomic mass is 10.1. The van der Waals surface area contributed by atoms with Gasteiger partial charge in [-0.05, 0) is 49.9 Å². The molecule has 0 aliphatic heterocycles. The van der Waals surface area contributed by atoms with Crippen LogP contribution in [0.5, 0.6) is 5.75 Å². The summed E-state index contributed by atoms with van der Waals surface area (Å²) in [6.07, 6.45) is 3.77. The molecule has 4 nitrogen and oxygen atoms in total. The Labute approximate surface area is 143 Å². The van der Waals surface area contributed by atoms with Crippen molar-refractivity contribution in [3.8, 4) is 5.75 Å². The number of ether oxygens (including phenoxy) is 1. The molecule has 24 heavy (non-hydrogen) atoms. The topological polar surface area (TPSA) is 50.7 Å². The third-order valence-electron chi connectivity index (χ3n) is 3.58. The molecule has 0 heterocycles. The van der Waals surface area contributed by atoms with Crippen LogP contribution in [0.3, 0.4) is 0 Å². The van der Waals surface area contributed by atoms with Crippen LogP contribution in [0, 0.1) is 6.92 Å². The number of benzene rings is 2. The van der Waals surface area contributed by atoms with Gasteiger partial charge in [0.05, 0.1) is 12.8 Å². The lowest BCUT2D eigenvalue weighted by Crippen LogP contribution is -2.17. The van der Waals surface area contributed by atoms with E-state index in [-0.39, 0.29) is 5.91 Å². The van der Waals surface area contributed by atoms with Gasteiger partial charge in [0, 0.05) is 6.42 Å². The molecule has 2 rings (SSSR count). The largest absolute Gasteiger partial charge is 0.494 e. The molecule has 0 spiro atoms. The minimum atomic E-state index is -0.0655. The molecule has 2 aromatic rings. The Hall–Kier alpha value is -2.62. The highest BCUT2D eigenvalue weighted by molar-refractivity contribution is 5.82. The zero-order valence-corrected chi connectivity index (χ0v) is 14.3. The van der Waals surface area contributed by atoms with E-state index in [1.807, 2.05) is 62.4 Å². The maximum Gasteiger partial charge on any atom is 0.240 e. The van der Waals surface area contributed by atoms with Crippen molar-refractivity contribution in [1.82, 2.24) is 5.43 Å². The second kappa shape index (κ2) is 9.50. The smallest absolute Gasteiger partial charge is 0.240 e. The highest BCUT2D eigenvalue weighted by atomic mass is 16.5. The van der Waals surface area contributed by atoms with Gasteiger partial charge in [0.25, 0.3) is 0 Å². The lowest BCUT2D eigenvalue weighted by Gasteiger charge is -2.05. The number of rotatable bonds is 8. The molecule has 0 saturated heterocycles. The predicted molar refractivity (Wildman–Crippen MR) is 97.5 cm³/mol. The molecule has 2 aromatic carbocycles. The molecule has 0 saturated carbocycles. The van der Waals surface area contributed by atoms with Crippen LogP contribution in [-0.4, -0.2) is 18.7 Å². The summed E-state index contributed by atoms with van der Waals surface area (Å²) in [7, 11) is 0. The van der Waals surface area contributed by atoms with Crippen LogP contribution in [0.4, 0.5) is 0 Å². The fourth-order valence-electron chi connectivity index (χ4n) is 2.26. The molecule has 0 radical (unpaired) electrons. The fraction of sp³-hybridized carbons (Fsp3) is 0.300. The Morgan fingerprint density at radius 1 is 1.12 bits per heavy atom. The number of carbonyl (C=O) groups is 1. The summed E-state index contributed by atoms with van der Waals surface area (Å²) < 4.78 is 5.41. The monoisotopic (exact) mass is 324 g/mol. The van der Waals surface area contributed by atoms with Crippen molar-refractivity contribution in [2.45, 2.75) is 33.1 Å². The zero-order valence-electron chi connectivity index (χ0n) is 14.3. The Morgan fingerprint density at radius 3 is 2.50 bits per heavy atom. The molecule has 1 N–H and O–H groups in total. The van der Waals surface area contributed by atoms with E-state index in [2.05, 4.69) is 10.5 Å². The van der Waals surface area contributed by atoms with Gasteiger partial charge in [-0.3, -0.25) is 4.79 Å². The minimum absolute atomic E-state index is 0.0655. The number of nitrogens with one attached hydrogen (secondary N) is 1. The molecule has 126 valence electrons. The van der Waals surface area contributed by atoms with Crippen molar-refractivity contribution in [3.05, 3.63) is 65.2 Å². The van der Waals surface area contributed by atoms with Gasteiger partial charge in [-0.25, -0.2) is 5.43 Å². The van der Waals surface area contributed by atoms with Crippen molar-refractivity contribution in [3.63, 3.8) is 0 Å². The average molecular weight is 324 g/mol. The molecule has 0 aliphatic carbocycles. The first-order valence-corrected chi connectivity index (χ1v) is 8.27. The number of nitrogens with zero attached hydrogens (tertiary/aromatic N) is 1. The van der Waals surface area contributed by atoms with Crippen molar-refractivity contribution in [2.24, 2.45) is 5.10 Å². The maximum atomic E-state index is 11.8. The van der Waals surface area contributed by atoms with E-state index in [0.717, 1.165) is 24.2 Å². The van der Waals surface area contributed by atoms with Gasteiger partial charge >= 0.3 is 0 Å². The summed E-state index contributed by atoms with van der Waals surface area (Å²) >= 11 is 0. The molecule has 0 fully saturated rings. The molecular formula is C20H24N2O2. The summed E-state index contributed by atoms with van der Waals surface area (Å²) in [5.74, 6) is 0.814. The maximum absolute atomic E-state index is 11.8. The predicted octanol–water partition coefficient (Wildman–Crippen LogP) is 3.87. The van der Waals surface area contributed by atoms with Crippen LogP contribution < -0.4 is 10.2 Å². The first-order chi connectivity index (χ1) is 11.7. The molecule has 0 bridgehead atoms. The first-order valence-electron chi connectivity index (χ1n) is 8.27. The number of hydrogen-bond donors (Lipinski definition) is 1. The van der Waals surface area contributed by atoms with E-state index in [9.17, 15) is 4.79 Å². The summed E-state index contributed by atoms with van der Waals surface area (Å²) in [5.41, 5.74) is 5.94. The number of aryl methyl sites for hydroxylation is 2. The van der Waals surface area contributed by atoms with E-state index in [1.165, 1.54) is 11.1 Å². The van der Waals surface area contributed by atoms with Crippen LogP contribution >= 0.6 is 0 Å². The van der Waals surface area contributed by atoms with Crippen molar-refractivity contribution < 1.29 is 9.53 Å². The molecule has 0 unspecified atom stereocenters. The highest BCUT2D eigenvalue weighted by Gasteiger charge is 2.01. The number of amides is 1. The van der Waals surface area contributed by atoms with E-state index in [4.69, 9.17) is 4.74 Å². The minimum Gasteiger partial charge on any atom is -0.494 e. The number of hydrogen-bond acceptors (Lipinski definition) is 3. The summed E-state index contributed by atoms with van der Waals surface area (Å²) in [4.78, 5) is 11.8. The number of hydrazone groups is 1. The lowest BCUT2D eigenvalue weighted by molar-refractivity contribution is -0.121. The average Bonchev–Trinajstić information content (AvgIpc) is 2.58. The van der Waals surface area contributed by atoms with Crippen LogP contribution in [0.2, 0.25) is 0 Å². The van der Waals surface area contributed by atoms with Crippen molar-refractivity contribution >= 4 is 12.1 Å². The Morgan fingerprint density at radius 2 is 1.83 bits per heavy atom. The highest BCUT2D eigenvalue weighted by Crippen LogP contribution is 2.13.